The zero-order valence-electron chi connectivity index (χ0n) is 13.9. The highest BCUT2D eigenvalue weighted by atomic mass is 127. The first kappa shape index (κ1) is 19.4. The fraction of sp³-hybridized carbons (Fsp3) is 0.438. The van der Waals surface area contributed by atoms with Crippen molar-refractivity contribution in [2.24, 2.45) is 10.9 Å². The summed E-state index contributed by atoms with van der Waals surface area (Å²) >= 11 is 0. The Labute approximate surface area is 154 Å². The van der Waals surface area contributed by atoms with E-state index in [1.165, 1.54) is 0 Å². The third kappa shape index (κ3) is 6.17. The Morgan fingerprint density at radius 3 is 2.61 bits per heavy atom. The molecular weight excluding hydrogens is 403 g/mol. The molecule has 1 heterocycles. The van der Waals surface area contributed by atoms with Crippen molar-refractivity contribution in [1.29, 1.82) is 0 Å². The molecule has 2 rings (SSSR count). The second-order valence-corrected chi connectivity index (χ2v) is 5.49. The topological polar surface area (TPSA) is 67.1 Å². The minimum absolute atomic E-state index is 0. The molecule has 6 nitrogen and oxygen atoms in total. The van der Waals surface area contributed by atoms with Gasteiger partial charge in [0.25, 0.3) is 0 Å². The quantitative estimate of drug-likeness (QED) is 0.422. The van der Waals surface area contributed by atoms with Gasteiger partial charge in [-0.05, 0) is 24.5 Å². The maximum atomic E-state index is 4.22. The van der Waals surface area contributed by atoms with Gasteiger partial charge in [-0.15, -0.1) is 34.2 Å². The van der Waals surface area contributed by atoms with Gasteiger partial charge in [0, 0.05) is 19.3 Å². The molecule has 0 saturated carbocycles. The van der Waals surface area contributed by atoms with Gasteiger partial charge in [-0.3, -0.25) is 9.56 Å². The van der Waals surface area contributed by atoms with Crippen LogP contribution in [0.25, 0.3) is 5.69 Å². The van der Waals surface area contributed by atoms with E-state index >= 15 is 0 Å². The van der Waals surface area contributed by atoms with Crippen LogP contribution in [0.15, 0.2) is 41.7 Å². The largest absolute Gasteiger partial charge is 0.356 e. The lowest BCUT2D eigenvalue weighted by molar-refractivity contribution is 0.573. The van der Waals surface area contributed by atoms with E-state index in [2.05, 4.69) is 39.7 Å². The predicted molar refractivity (Wildman–Crippen MR) is 104 cm³/mol. The van der Waals surface area contributed by atoms with E-state index in [1.807, 2.05) is 34.9 Å². The van der Waals surface area contributed by atoms with E-state index in [0.717, 1.165) is 30.4 Å². The Kier molecular flexibility index (Phi) is 8.60. The highest BCUT2D eigenvalue weighted by Crippen LogP contribution is 2.08. The summed E-state index contributed by atoms with van der Waals surface area (Å²) in [5.41, 5.74) is 1.05. The van der Waals surface area contributed by atoms with Gasteiger partial charge >= 0.3 is 0 Å². The van der Waals surface area contributed by atoms with Gasteiger partial charge < -0.3 is 10.6 Å². The molecule has 0 radical (unpaired) electrons. The van der Waals surface area contributed by atoms with Crippen LogP contribution in [0.1, 0.15) is 26.1 Å². The van der Waals surface area contributed by atoms with Gasteiger partial charge in [0.15, 0.2) is 11.8 Å². The molecule has 0 amide bonds. The number of aromatic nitrogens is 3. The molecule has 2 aromatic rings. The van der Waals surface area contributed by atoms with E-state index in [9.17, 15) is 0 Å². The minimum Gasteiger partial charge on any atom is -0.356 e. The molecular formula is C16H25IN6. The highest BCUT2D eigenvalue weighted by molar-refractivity contribution is 14.0. The van der Waals surface area contributed by atoms with E-state index in [0.29, 0.717) is 12.5 Å². The van der Waals surface area contributed by atoms with E-state index < -0.39 is 0 Å². The van der Waals surface area contributed by atoms with Crippen LogP contribution in [0, 0.1) is 5.92 Å². The summed E-state index contributed by atoms with van der Waals surface area (Å²) < 4.78 is 1.97. The molecule has 23 heavy (non-hydrogen) atoms. The van der Waals surface area contributed by atoms with Crippen LogP contribution in [-0.4, -0.2) is 34.3 Å². The molecule has 2 N–H and O–H groups in total. The number of nitrogens with zero attached hydrogens (tertiary/aromatic N) is 4. The molecule has 0 aliphatic rings. The monoisotopic (exact) mass is 428 g/mol. The number of halogens is 1. The Bertz CT molecular complexity index is 594. The number of rotatable bonds is 6. The normalized spacial score (nSPS) is 11.2. The summed E-state index contributed by atoms with van der Waals surface area (Å²) in [6, 6.07) is 10.1. The van der Waals surface area contributed by atoms with Gasteiger partial charge in [-0.25, -0.2) is 0 Å². The molecule has 0 atom stereocenters. The average Bonchev–Trinajstić information content (AvgIpc) is 2.99. The van der Waals surface area contributed by atoms with Gasteiger partial charge in [0.05, 0.1) is 6.54 Å². The molecule has 0 aliphatic carbocycles. The van der Waals surface area contributed by atoms with Crippen molar-refractivity contribution in [3.63, 3.8) is 0 Å². The minimum atomic E-state index is 0. The smallest absolute Gasteiger partial charge is 0.191 e. The van der Waals surface area contributed by atoms with Crippen LogP contribution in [0.5, 0.6) is 0 Å². The Balaban J connectivity index is 0.00000264. The van der Waals surface area contributed by atoms with Gasteiger partial charge in [0.2, 0.25) is 0 Å². The van der Waals surface area contributed by atoms with Gasteiger partial charge in [0.1, 0.15) is 6.33 Å². The molecule has 0 bridgehead atoms. The standard InChI is InChI=1S/C16H24N6.HI/c1-13(2)9-10-18-16(17-3)19-11-15-21-20-12-22(15)14-7-5-4-6-8-14;/h4-8,12-13H,9-11H2,1-3H3,(H2,17,18,19);1H. The van der Waals surface area contributed by atoms with Gasteiger partial charge in [-0.2, -0.15) is 0 Å². The number of hydrogen-bond donors (Lipinski definition) is 2. The van der Waals surface area contributed by atoms with Crippen molar-refractivity contribution >= 4 is 29.9 Å². The Morgan fingerprint density at radius 2 is 1.96 bits per heavy atom. The van der Waals surface area contributed by atoms with Crippen LogP contribution < -0.4 is 10.6 Å². The number of hydrogen-bond acceptors (Lipinski definition) is 3. The van der Waals surface area contributed by atoms with Crippen molar-refractivity contribution < 1.29 is 0 Å². The third-order valence-corrected chi connectivity index (χ3v) is 3.30. The van der Waals surface area contributed by atoms with Crippen LogP contribution >= 0.6 is 24.0 Å². The first-order chi connectivity index (χ1) is 10.7. The lowest BCUT2D eigenvalue weighted by atomic mass is 10.1. The molecule has 1 aromatic carbocycles. The Morgan fingerprint density at radius 1 is 1.22 bits per heavy atom. The van der Waals surface area contributed by atoms with Crippen LogP contribution in [0.4, 0.5) is 0 Å². The summed E-state index contributed by atoms with van der Waals surface area (Å²) in [5.74, 6) is 2.30. The first-order valence-electron chi connectivity index (χ1n) is 7.59. The fourth-order valence-corrected chi connectivity index (χ4v) is 2.05. The third-order valence-electron chi connectivity index (χ3n) is 3.30. The maximum Gasteiger partial charge on any atom is 0.191 e. The maximum absolute atomic E-state index is 4.22. The van der Waals surface area contributed by atoms with E-state index in [4.69, 9.17) is 0 Å². The summed E-state index contributed by atoms with van der Waals surface area (Å²) in [5, 5.41) is 14.8. The zero-order chi connectivity index (χ0) is 15.8. The first-order valence-corrected chi connectivity index (χ1v) is 7.59. The van der Waals surface area contributed by atoms with Gasteiger partial charge in [-0.1, -0.05) is 32.0 Å². The van der Waals surface area contributed by atoms with E-state index in [-0.39, 0.29) is 24.0 Å². The molecule has 7 heteroatoms. The van der Waals surface area contributed by atoms with Crippen LogP contribution in [0.2, 0.25) is 0 Å². The molecule has 0 saturated heterocycles. The predicted octanol–water partition coefficient (Wildman–Crippen LogP) is 2.60. The number of benzene rings is 1. The molecule has 1 aromatic heterocycles. The van der Waals surface area contributed by atoms with Crippen molar-refractivity contribution in [2.75, 3.05) is 13.6 Å². The molecule has 0 spiro atoms. The zero-order valence-corrected chi connectivity index (χ0v) is 16.2. The summed E-state index contributed by atoms with van der Waals surface area (Å²) in [7, 11) is 1.77. The summed E-state index contributed by atoms with van der Waals surface area (Å²) in [6.45, 7) is 5.89. The lowest BCUT2D eigenvalue weighted by Crippen LogP contribution is -2.38. The Hall–Kier alpha value is -1.64. The summed E-state index contributed by atoms with van der Waals surface area (Å²) in [4.78, 5) is 4.22. The van der Waals surface area contributed by atoms with Crippen molar-refractivity contribution in [3.8, 4) is 5.69 Å². The number of nitrogens with one attached hydrogen (secondary N) is 2. The van der Waals surface area contributed by atoms with Crippen molar-refractivity contribution in [3.05, 3.63) is 42.5 Å². The summed E-state index contributed by atoms with van der Waals surface area (Å²) in [6.07, 6.45) is 2.84. The lowest BCUT2D eigenvalue weighted by Gasteiger charge is -2.13. The SMILES string of the molecule is CN=C(NCCC(C)C)NCc1nncn1-c1ccccc1.I. The highest BCUT2D eigenvalue weighted by Gasteiger charge is 2.07. The van der Waals surface area contributed by atoms with Crippen molar-refractivity contribution in [1.82, 2.24) is 25.4 Å². The second-order valence-electron chi connectivity index (χ2n) is 5.49. The number of guanidine groups is 1. The number of aliphatic imine (C=N–C) groups is 1. The molecule has 0 fully saturated rings. The number of para-hydroxylation sites is 1. The van der Waals surface area contributed by atoms with E-state index in [1.54, 1.807) is 13.4 Å². The fourth-order valence-electron chi connectivity index (χ4n) is 2.05. The average molecular weight is 428 g/mol. The molecule has 0 unspecified atom stereocenters. The molecule has 126 valence electrons. The van der Waals surface area contributed by atoms with Crippen LogP contribution in [0.3, 0.4) is 0 Å². The van der Waals surface area contributed by atoms with Crippen LogP contribution in [-0.2, 0) is 6.54 Å². The second kappa shape index (κ2) is 10.2. The molecule has 0 aliphatic heterocycles. The van der Waals surface area contributed by atoms with Crippen molar-refractivity contribution in [2.45, 2.75) is 26.8 Å².